The van der Waals surface area contributed by atoms with Crippen molar-refractivity contribution in [2.75, 3.05) is 45.2 Å². The van der Waals surface area contributed by atoms with Crippen LogP contribution in [0.1, 0.15) is 81.7 Å². The zero-order chi connectivity index (χ0) is 31.0. The Hall–Kier alpha value is -3.86. The number of ether oxygens (including phenoxy) is 2. The second-order valence-electron chi connectivity index (χ2n) is 13.5. The van der Waals surface area contributed by atoms with Gasteiger partial charge >= 0.3 is 6.09 Å². The van der Waals surface area contributed by atoms with Crippen LogP contribution in [0.25, 0.3) is 10.9 Å². The predicted molar refractivity (Wildman–Crippen MR) is 168 cm³/mol. The van der Waals surface area contributed by atoms with E-state index in [-0.39, 0.29) is 23.3 Å². The van der Waals surface area contributed by atoms with Crippen molar-refractivity contribution < 1.29 is 19.1 Å². The normalized spacial score (nSPS) is 21.3. The van der Waals surface area contributed by atoms with Gasteiger partial charge in [-0.05, 0) is 83.4 Å². The van der Waals surface area contributed by atoms with Gasteiger partial charge in [-0.3, -0.25) is 19.2 Å². The first kappa shape index (κ1) is 30.2. The van der Waals surface area contributed by atoms with Crippen LogP contribution in [0.4, 0.5) is 10.5 Å². The third-order valence-electron chi connectivity index (χ3n) is 8.98. The number of piperazine rings is 1. The van der Waals surface area contributed by atoms with Crippen molar-refractivity contribution in [1.82, 2.24) is 24.1 Å². The summed E-state index contributed by atoms with van der Waals surface area (Å²) < 4.78 is 14.8. The molecule has 1 aromatic carbocycles. The van der Waals surface area contributed by atoms with Crippen molar-refractivity contribution in [2.24, 2.45) is 5.92 Å². The standard InChI is InChI=1S/C33H44N6O5/c1-33(2,3)44-32(42)37-16-14-36(15-17-37)20-22-7-9-25(10-8-22)39-21-23-18-28(29(43-4)19-27(23)35-39)34-30(40)26-6-5-13-38(31(26)41)24-11-12-24/h5-6,13,18-19,21-22,24-25H,7-12,14-17,20H2,1-4H3,(H,34,40). The van der Waals surface area contributed by atoms with E-state index >= 15 is 0 Å². The van der Waals surface area contributed by atoms with E-state index < -0.39 is 11.5 Å². The Morgan fingerprint density at radius 3 is 2.36 bits per heavy atom. The number of methoxy groups -OCH3 is 1. The zero-order valence-corrected chi connectivity index (χ0v) is 26.3. The fourth-order valence-electron chi connectivity index (χ4n) is 6.43. The van der Waals surface area contributed by atoms with Gasteiger partial charge in [-0.1, -0.05) is 0 Å². The summed E-state index contributed by atoms with van der Waals surface area (Å²) in [6, 6.07) is 7.55. The molecule has 1 aliphatic heterocycles. The molecule has 3 fully saturated rings. The lowest BCUT2D eigenvalue weighted by atomic mass is 9.85. The fourth-order valence-corrected chi connectivity index (χ4v) is 6.43. The summed E-state index contributed by atoms with van der Waals surface area (Å²) in [5.74, 6) is 0.693. The Labute approximate surface area is 258 Å². The maximum atomic E-state index is 13.1. The number of nitrogens with one attached hydrogen (secondary N) is 1. The molecule has 11 heteroatoms. The third-order valence-corrected chi connectivity index (χ3v) is 8.98. The largest absolute Gasteiger partial charge is 0.494 e. The van der Waals surface area contributed by atoms with E-state index in [2.05, 4.69) is 14.9 Å². The first-order chi connectivity index (χ1) is 21.1. The van der Waals surface area contributed by atoms with Crippen LogP contribution in [0.2, 0.25) is 0 Å². The van der Waals surface area contributed by atoms with Gasteiger partial charge in [0, 0.05) is 62.6 Å². The van der Waals surface area contributed by atoms with Crippen LogP contribution in [-0.2, 0) is 4.74 Å². The average molecular weight is 605 g/mol. The SMILES string of the molecule is COc1cc2nn(C3CCC(CN4CCN(C(=O)OC(C)(C)C)CC4)CC3)cc2cc1NC(=O)c1cccn(C2CC2)c1=O. The van der Waals surface area contributed by atoms with E-state index in [1.807, 2.05) is 44.0 Å². The molecule has 6 rings (SSSR count). The van der Waals surface area contributed by atoms with E-state index in [0.717, 1.165) is 69.1 Å². The Morgan fingerprint density at radius 1 is 1.00 bits per heavy atom. The van der Waals surface area contributed by atoms with Crippen molar-refractivity contribution in [3.63, 3.8) is 0 Å². The summed E-state index contributed by atoms with van der Waals surface area (Å²) in [4.78, 5) is 42.7. The van der Waals surface area contributed by atoms with Gasteiger partial charge in [0.15, 0.2) is 0 Å². The molecule has 0 spiro atoms. The molecule has 236 valence electrons. The number of fused-ring (bicyclic) bond motifs is 1. The van der Waals surface area contributed by atoms with E-state index in [4.69, 9.17) is 14.6 Å². The maximum Gasteiger partial charge on any atom is 0.410 e. The van der Waals surface area contributed by atoms with Crippen LogP contribution < -0.4 is 15.6 Å². The van der Waals surface area contributed by atoms with Gasteiger partial charge in [0.1, 0.15) is 16.9 Å². The lowest BCUT2D eigenvalue weighted by Crippen LogP contribution is -2.51. The van der Waals surface area contributed by atoms with Crippen molar-refractivity contribution in [2.45, 2.75) is 77.0 Å². The topological polar surface area (TPSA) is 111 Å². The molecule has 0 bridgehead atoms. The van der Waals surface area contributed by atoms with E-state index in [1.54, 1.807) is 30.0 Å². The summed E-state index contributed by atoms with van der Waals surface area (Å²) in [5, 5.41) is 8.69. The van der Waals surface area contributed by atoms with E-state index in [1.165, 1.54) is 0 Å². The van der Waals surface area contributed by atoms with Gasteiger partial charge < -0.3 is 24.3 Å². The highest BCUT2D eigenvalue weighted by atomic mass is 16.6. The second kappa shape index (κ2) is 12.3. The molecule has 3 aliphatic rings. The first-order valence-corrected chi connectivity index (χ1v) is 15.9. The highest BCUT2D eigenvalue weighted by Crippen LogP contribution is 2.36. The minimum absolute atomic E-state index is 0.124. The number of anilines is 1. The monoisotopic (exact) mass is 604 g/mol. The number of carbonyl (C=O) groups excluding carboxylic acids is 2. The molecule has 2 aromatic heterocycles. The zero-order valence-electron chi connectivity index (χ0n) is 26.3. The van der Waals surface area contributed by atoms with Crippen LogP contribution in [0, 0.1) is 5.92 Å². The second-order valence-corrected chi connectivity index (χ2v) is 13.5. The number of carbonyl (C=O) groups is 2. The highest BCUT2D eigenvalue weighted by Gasteiger charge is 2.30. The minimum atomic E-state index is -0.471. The van der Waals surface area contributed by atoms with Crippen LogP contribution in [0.5, 0.6) is 5.75 Å². The molecule has 2 amide bonds. The molecule has 1 saturated heterocycles. The predicted octanol–water partition coefficient (Wildman–Crippen LogP) is 5.08. The highest BCUT2D eigenvalue weighted by molar-refractivity contribution is 6.06. The molecule has 3 aromatic rings. The number of nitrogens with zero attached hydrogens (tertiary/aromatic N) is 5. The molecule has 44 heavy (non-hydrogen) atoms. The van der Waals surface area contributed by atoms with Crippen LogP contribution >= 0.6 is 0 Å². The minimum Gasteiger partial charge on any atom is -0.494 e. The van der Waals surface area contributed by atoms with Gasteiger partial charge in [-0.15, -0.1) is 0 Å². The molecule has 1 N–H and O–H groups in total. The number of pyridine rings is 1. The molecule has 0 unspecified atom stereocenters. The van der Waals surface area contributed by atoms with Gasteiger partial charge in [-0.25, -0.2) is 4.79 Å². The van der Waals surface area contributed by atoms with Crippen molar-refractivity contribution >= 4 is 28.6 Å². The summed E-state index contributed by atoms with van der Waals surface area (Å²) in [5.41, 5.74) is 0.710. The Balaban J connectivity index is 1.05. The van der Waals surface area contributed by atoms with Gasteiger partial charge in [0.2, 0.25) is 0 Å². The van der Waals surface area contributed by atoms with Crippen molar-refractivity contribution in [1.29, 1.82) is 0 Å². The number of rotatable bonds is 7. The van der Waals surface area contributed by atoms with Crippen LogP contribution in [0.15, 0.2) is 41.5 Å². The molecule has 2 aliphatic carbocycles. The molecular formula is C33H44N6O5. The van der Waals surface area contributed by atoms with E-state index in [9.17, 15) is 14.4 Å². The van der Waals surface area contributed by atoms with Crippen molar-refractivity contribution in [3.8, 4) is 5.75 Å². The Morgan fingerprint density at radius 2 is 1.70 bits per heavy atom. The van der Waals surface area contributed by atoms with Gasteiger partial charge in [0.25, 0.3) is 11.5 Å². The number of amides is 2. The Kier molecular flexibility index (Phi) is 8.41. The molecule has 11 nitrogen and oxygen atoms in total. The summed E-state index contributed by atoms with van der Waals surface area (Å²) in [6.07, 6.45) is 9.89. The smallest absolute Gasteiger partial charge is 0.410 e. The lowest BCUT2D eigenvalue weighted by Gasteiger charge is -2.38. The van der Waals surface area contributed by atoms with Gasteiger partial charge in [-0.2, -0.15) is 5.10 Å². The average Bonchev–Trinajstić information content (AvgIpc) is 3.75. The quantitative estimate of drug-likeness (QED) is 0.401. The number of aromatic nitrogens is 3. The van der Waals surface area contributed by atoms with Gasteiger partial charge in [0.05, 0.1) is 24.4 Å². The number of hydrogen-bond acceptors (Lipinski definition) is 7. The van der Waals surface area contributed by atoms with E-state index in [0.29, 0.717) is 36.5 Å². The van der Waals surface area contributed by atoms with Crippen LogP contribution in [-0.4, -0.2) is 81.6 Å². The summed E-state index contributed by atoms with van der Waals surface area (Å²) in [6.45, 7) is 9.94. The third kappa shape index (κ3) is 6.77. The molecular weight excluding hydrogens is 560 g/mol. The number of benzene rings is 1. The van der Waals surface area contributed by atoms with Crippen LogP contribution in [0.3, 0.4) is 0 Å². The molecule has 0 radical (unpaired) electrons. The fraction of sp³-hybridized carbons (Fsp3) is 0.576. The lowest BCUT2D eigenvalue weighted by molar-refractivity contribution is 0.0126. The summed E-state index contributed by atoms with van der Waals surface area (Å²) in [7, 11) is 1.56. The maximum absolute atomic E-state index is 13.1. The number of hydrogen-bond donors (Lipinski definition) is 1. The first-order valence-electron chi connectivity index (χ1n) is 15.9. The molecule has 0 atom stereocenters. The van der Waals surface area contributed by atoms with Crippen molar-refractivity contribution in [3.05, 3.63) is 52.6 Å². The molecule has 3 heterocycles. The summed E-state index contributed by atoms with van der Waals surface area (Å²) >= 11 is 0. The molecule has 2 saturated carbocycles. The Bertz CT molecular complexity index is 1570.